The fraction of sp³-hybridized carbons (Fsp3) is 0.529. The first kappa shape index (κ1) is 16.8. The highest BCUT2D eigenvalue weighted by Crippen LogP contribution is 2.23. The number of benzene rings is 1. The molecule has 120 valence electrons. The van der Waals surface area contributed by atoms with Crippen molar-refractivity contribution < 1.29 is 14.3 Å². The number of halogens is 1. The van der Waals surface area contributed by atoms with Gasteiger partial charge < -0.3 is 10.1 Å². The first-order chi connectivity index (χ1) is 10.6. The number of hydrogen-bond donors (Lipinski definition) is 1. The van der Waals surface area contributed by atoms with E-state index in [1.54, 1.807) is 18.2 Å². The average molecular weight is 324 g/mol. The highest BCUT2D eigenvalue weighted by molar-refractivity contribution is 6.31. The van der Waals surface area contributed by atoms with E-state index in [0.717, 1.165) is 19.3 Å². The topological polar surface area (TPSA) is 55.4 Å². The van der Waals surface area contributed by atoms with Crippen LogP contribution in [0.1, 0.15) is 38.2 Å². The lowest BCUT2D eigenvalue weighted by Crippen LogP contribution is -2.42. The van der Waals surface area contributed by atoms with Gasteiger partial charge in [-0.05, 0) is 30.4 Å². The highest BCUT2D eigenvalue weighted by atomic mass is 35.5. The maximum absolute atomic E-state index is 11.9. The van der Waals surface area contributed by atoms with Crippen molar-refractivity contribution in [3.63, 3.8) is 0 Å². The molecule has 22 heavy (non-hydrogen) atoms. The van der Waals surface area contributed by atoms with Crippen molar-refractivity contribution in [1.29, 1.82) is 0 Å². The van der Waals surface area contributed by atoms with Crippen molar-refractivity contribution in [1.82, 2.24) is 5.32 Å². The maximum Gasteiger partial charge on any atom is 0.310 e. The van der Waals surface area contributed by atoms with Gasteiger partial charge in [-0.25, -0.2) is 0 Å². The molecule has 1 saturated carbocycles. The molecule has 2 rings (SSSR count). The molecule has 4 nitrogen and oxygen atoms in total. The van der Waals surface area contributed by atoms with Crippen LogP contribution in [0.3, 0.4) is 0 Å². The molecule has 1 aromatic carbocycles. The molecule has 1 aromatic rings. The number of ether oxygens (including phenoxy) is 1. The van der Waals surface area contributed by atoms with Gasteiger partial charge >= 0.3 is 5.97 Å². The van der Waals surface area contributed by atoms with E-state index in [-0.39, 0.29) is 25.0 Å². The third kappa shape index (κ3) is 5.02. The van der Waals surface area contributed by atoms with E-state index in [1.807, 2.05) is 6.07 Å². The summed E-state index contributed by atoms with van der Waals surface area (Å²) in [6.07, 6.45) is 4.58. The number of amides is 1. The van der Waals surface area contributed by atoms with Gasteiger partial charge in [-0.2, -0.15) is 0 Å². The molecule has 0 heterocycles. The summed E-state index contributed by atoms with van der Waals surface area (Å²) in [4.78, 5) is 23.6. The zero-order valence-electron chi connectivity index (χ0n) is 12.8. The number of carbonyl (C=O) groups is 2. The normalized spacial score (nSPS) is 21.2. The van der Waals surface area contributed by atoms with Gasteiger partial charge in [0, 0.05) is 11.1 Å². The summed E-state index contributed by atoms with van der Waals surface area (Å²) in [5.74, 6) is -0.192. The Labute approximate surface area is 136 Å². The van der Waals surface area contributed by atoms with Crippen LogP contribution in [0.2, 0.25) is 5.02 Å². The van der Waals surface area contributed by atoms with E-state index in [0.29, 0.717) is 16.5 Å². The van der Waals surface area contributed by atoms with Crippen molar-refractivity contribution >= 4 is 23.5 Å². The van der Waals surface area contributed by atoms with Gasteiger partial charge in [-0.15, -0.1) is 0 Å². The molecule has 1 fully saturated rings. The number of nitrogens with one attached hydrogen (secondary N) is 1. The lowest BCUT2D eigenvalue weighted by molar-refractivity contribution is -0.148. The fourth-order valence-electron chi connectivity index (χ4n) is 2.77. The SMILES string of the molecule is C[C@@H]1CCCC[C@H]1NC(=O)COC(=O)Cc1ccccc1Cl. The Hall–Kier alpha value is -1.55. The van der Waals surface area contributed by atoms with Gasteiger partial charge in [0.15, 0.2) is 6.61 Å². The van der Waals surface area contributed by atoms with Crippen LogP contribution in [-0.2, 0) is 20.7 Å². The molecule has 0 saturated heterocycles. The van der Waals surface area contributed by atoms with E-state index in [9.17, 15) is 9.59 Å². The van der Waals surface area contributed by atoms with Crippen LogP contribution in [0.4, 0.5) is 0 Å². The summed E-state index contributed by atoms with van der Waals surface area (Å²) in [6.45, 7) is 1.92. The molecule has 1 amide bonds. The van der Waals surface area contributed by atoms with Gasteiger partial charge in [0.05, 0.1) is 6.42 Å². The predicted molar refractivity (Wildman–Crippen MR) is 85.7 cm³/mol. The van der Waals surface area contributed by atoms with E-state index in [2.05, 4.69) is 12.2 Å². The minimum Gasteiger partial charge on any atom is -0.455 e. The molecule has 1 aliphatic carbocycles. The highest BCUT2D eigenvalue weighted by Gasteiger charge is 2.23. The van der Waals surface area contributed by atoms with E-state index >= 15 is 0 Å². The fourth-order valence-corrected chi connectivity index (χ4v) is 2.98. The van der Waals surface area contributed by atoms with Gasteiger partial charge in [-0.1, -0.05) is 49.6 Å². The molecule has 2 atom stereocenters. The molecule has 0 radical (unpaired) electrons. The Balaban J connectivity index is 1.74. The third-order valence-corrected chi connectivity index (χ3v) is 4.48. The van der Waals surface area contributed by atoms with Crippen LogP contribution >= 0.6 is 11.6 Å². The van der Waals surface area contributed by atoms with Gasteiger partial charge in [-0.3, -0.25) is 9.59 Å². The zero-order valence-corrected chi connectivity index (χ0v) is 13.6. The Morgan fingerprint density at radius 2 is 2.00 bits per heavy atom. The summed E-state index contributed by atoms with van der Waals surface area (Å²) >= 11 is 5.99. The Kier molecular flexibility index (Phi) is 6.25. The molecule has 0 aromatic heterocycles. The van der Waals surface area contributed by atoms with Crippen LogP contribution in [0.25, 0.3) is 0 Å². The van der Waals surface area contributed by atoms with Crippen LogP contribution in [-0.4, -0.2) is 24.5 Å². The number of carbonyl (C=O) groups excluding carboxylic acids is 2. The lowest BCUT2D eigenvalue weighted by Gasteiger charge is -2.29. The van der Waals surface area contributed by atoms with E-state index in [1.165, 1.54) is 6.42 Å². The molecular formula is C17H22ClNO3. The molecule has 0 aliphatic heterocycles. The van der Waals surface area contributed by atoms with Crippen molar-refractivity contribution in [2.75, 3.05) is 6.61 Å². The van der Waals surface area contributed by atoms with Gasteiger partial charge in [0.1, 0.15) is 0 Å². The zero-order chi connectivity index (χ0) is 15.9. The Bertz CT molecular complexity index is 532. The first-order valence-electron chi connectivity index (χ1n) is 7.74. The Morgan fingerprint density at radius 1 is 1.27 bits per heavy atom. The molecule has 1 aliphatic rings. The monoisotopic (exact) mass is 323 g/mol. The second-order valence-corrected chi connectivity index (χ2v) is 6.27. The number of esters is 1. The summed E-state index contributed by atoms with van der Waals surface area (Å²) in [7, 11) is 0. The first-order valence-corrected chi connectivity index (χ1v) is 8.12. The van der Waals surface area contributed by atoms with Gasteiger partial charge in [0.25, 0.3) is 5.91 Å². The average Bonchev–Trinajstić information content (AvgIpc) is 2.50. The van der Waals surface area contributed by atoms with Crippen molar-refractivity contribution in [2.45, 2.75) is 45.1 Å². The van der Waals surface area contributed by atoms with Crippen LogP contribution in [0, 0.1) is 5.92 Å². The largest absolute Gasteiger partial charge is 0.455 e. The summed E-state index contributed by atoms with van der Waals surface area (Å²) in [5.41, 5.74) is 0.704. The van der Waals surface area contributed by atoms with Crippen molar-refractivity contribution in [3.05, 3.63) is 34.9 Å². The Morgan fingerprint density at radius 3 is 2.73 bits per heavy atom. The smallest absolute Gasteiger partial charge is 0.310 e. The quantitative estimate of drug-likeness (QED) is 0.847. The lowest BCUT2D eigenvalue weighted by atomic mass is 9.86. The summed E-state index contributed by atoms with van der Waals surface area (Å²) in [5, 5.41) is 3.48. The minimum atomic E-state index is -0.444. The van der Waals surface area contributed by atoms with E-state index in [4.69, 9.17) is 16.3 Å². The second-order valence-electron chi connectivity index (χ2n) is 5.86. The van der Waals surface area contributed by atoms with Crippen LogP contribution < -0.4 is 5.32 Å². The number of hydrogen-bond acceptors (Lipinski definition) is 3. The van der Waals surface area contributed by atoms with Crippen molar-refractivity contribution in [3.8, 4) is 0 Å². The molecule has 1 N–H and O–H groups in total. The maximum atomic E-state index is 11.9. The minimum absolute atomic E-state index is 0.0762. The summed E-state index contributed by atoms with van der Waals surface area (Å²) in [6, 6.07) is 7.31. The third-order valence-electron chi connectivity index (χ3n) is 4.11. The molecular weight excluding hydrogens is 302 g/mol. The summed E-state index contributed by atoms with van der Waals surface area (Å²) < 4.78 is 5.03. The standard InChI is InChI=1S/C17H22ClNO3/c1-12-6-2-5-9-15(12)19-16(20)11-22-17(21)10-13-7-3-4-8-14(13)18/h3-4,7-8,12,15H,2,5-6,9-11H2,1H3,(H,19,20)/t12-,15-/m1/s1. The molecule has 0 bridgehead atoms. The van der Waals surface area contributed by atoms with Crippen LogP contribution in [0.15, 0.2) is 24.3 Å². The predicted octanol–water partition coefficient (Wildman–Crippen LogP) is 3.12. The van der Waals surface area contributed by atoms with Crippen LogP contribution in [0.5, 0.6) is 0 Å². The molecule has 0 spiro atoms. The molecule has 0 unspecified atom stereocenters. The van der Waals surface area contributed by atoms with Gasteiger partial charge in [0.2, 0.25) is 0 Å². The number of rotatable bonds is 5. The van der Waals surface area contributed by atoms with E-state index < -0.39 is 5.97 Å². The molecule has 5 heteroatoms. The second kappa shape index (κ2) is 8.18. The van der Waals surface area contributed by atoms with Crippen molar-refractivity contribution in [2.24, 2.45) is 5.92 Å².